The minimum atomic E-state index is -1.46. The number of benzene rings is 1. The monoisotopic (exact) mass is 277 g/mol. The van der Waals surface area contributed by atoms with E-state index in [1.165, 1.54) is 0 Å². The average molecular weight is 277 g/mol. The molecular formula is C14H20BNO4. The van der Waals surface area contributed by atoms with Gasteiger partial charge < -0.3 is 20.1 Å². The van der Waals surface area contributed by atoms with Crippen molar-refractivity contribution in [3.05, 3.63) is 29.3 Å². The number of carbonyl (C=O) groups excluding carboxylic acids is 1. The first-order chi connectivity index (χ1) is 9.24. The zero-order chi connectivity index (χ0) is 14.9. The van der Waals surface area contributed by atoms with E-state index in [0.717, 1.165) is 17.5 Å². The predicted molar refractivity (Wildman–Crippen MR) is 76.8 cm³/mol. The summed E-state index contributed by atoms with van der Waals surface area (Å²) in [6, 6.07) is 5.34. The lowest BCUT2D eigenvalue weighted by atomic mass is 9.79. The molecule has 5 nitrogen and oxygen atoms in total. The second kappa shape index (κ2) is 5.46. The van der Waals surface area contributed by atoms with Gasteiger partial charge in [-0.2, -0.15) is 0 Å². The fourth-order valence-corrected chi connectivity index (χ4v) is 2.37. The SMILES string of the molecule is CC(C)(C)OC(=O)NC1Cc2ccc(B(O)O)cc2C1. The summed E-state index contributed by atoms with van der Waals surface area (Å²) in [5, 5.41) is 21.2. The second-order valence-electron chi connectivity index (χ2n) is 6.15. The number of fused-ring (bicyclic) bond motifs is 1. The zero-order valence-corrected chi connectivity index (χ0v) is 12.0. The van der Waals surface area contributed by atoms with E-state index in [9.17, 15) is 4.79 Å². The Bertz CT molecular complexity index is 510. The number of carbonyl (C=O) groups is 1. The molecule has 1 aliphatic carbocycles. The van der Waals surface area contributed by atoms with E-state index >= 15 is 0 Å². The molecule has 0 saturated heterocycles. The van der Waals surface area contributed by atoms with E-state index in [1.54, 1.807) is 12.1 Å². The molecular weight excluding hydrogens is 257 g/mol. The molecule has 0 saturated carbocycles. The average Bonchev–Trinajstić information content (AvgIpc) is 2.66. The van der Waals surface area contributed by atoms with E-state index in [0.29, 0.717) is 11.9 Å². The van der Waals surface area contributed by atoms with Crippen molar-refractivity contribution in [2.45, 2.75) is 45.3 Å². The Balaban J connectivity index is 1.98. The van der Waals surface area contributed by atoms with Crippen LogP contribution in [0.4, 0.5) is 4.79 Å². The lowest BCUT2D eigenvalue weighted by molar-refractivity contribution is 0.0506. The minimum absolute atomic E-state index is 0.00839. The van der Waals surface area contributed by atoms with Crippen LogP contribution in [0, 0.1) is 0 Å². The van der Waals surface area contributed by atoms with Gasteiger partial charge in [0.1, 0.15) is 5.60 Å². The lowest BCUT2D eigenvalue weighted by Crippen LogP contribution is -2.39. The summed E-state index contributed by atoms with van der Waals surface area (Å²) in [6.45, 7) is 5.47. The Kier molecular flexibility index (Phi) is 4.06. The van der Waals surface area contributed by atoms with Crippen molar-refractivity contribution < 1.29 is 19.6 Å². The molecule has 1 aromatic carbocycles. The van der Waals surface area contributed by atoms with Crippen LogP contribution in [0.15, 0.2) is 18.2 Å². The highest BCUT2D eigenvalue weighted by atomic mass is 16.6. The van der Waals surface area contributed by atoms with E-state index in [4.69, 9.17) is 14.8 Å². The molecule has 1 aromatic rings. The number of hydrogen-bond acceptors (Lipinski definition) is 4. The van der Waals surface area contributed by atoms with Crippen LogP contribution in [0.3, 0.4) is 0 Å². The van der Waals surface area contributed by atoms with Crippen molar-refractivity contribution >= 4 is 18.7 Å². The highest BCUT2D eigenvalue weighted by Crippen LogP contribution is 2.21. The van der Waals surface area contributed by atoms with Gasteiger partial charge in [-0.15, -0.1) is 0 Å². The zero-order valence-electron chi connectivity index (χ0n) is 12.0. The van der Waals surface area contributed by atoms with Crippen molar-refractivity contribution in [3.8, 4) is 0 Å². The number of hydrogen-bond donors (Lipinski definition) is 3. The molecule has 0 aromatic heterocycles. The molecule has 0 radical (unpaired) electrons. The number of alkyl carbamates (subject to hydrolysis) is 1. The minimum Gasteiger partial charge on any atom is -0.444 e. The molecule has 108 valence electrons. The molecule has 6 heteroatoms. The molecule has 3 N–H and O–H groups in total. The van der Waals surface area contributed by atoms with Gasteiger partial charge in [-0.3, -0.25) is 0 Å². The van der Waals surface area contributed by atoms with E-state index in [2.05, 4.69) is 5.32 Å². The van der Waals surface area contributed by atoms with Gasteiger partial charge in [-0.05, 0) is 50.2 Å². The maximum absolute atomic E-state index is 11.7. The highest BCUT2D eigenvalue weighted by molar-refractivity contribution is 6.58. The van der Waals surface area contributed by atoms with Gasteiger partial charge in [0.05, 0.1) is 0 Å². The van der Waals surface area contributed by atoms with Crippen LogP contribution in [-0.2, 0) is 17.6 Å². The standard InChI is InChI=1S/C14H20BNO4/c1-14(2,3)20-13(17)16-12-7-9-4-5-11(15(18)19)6-10(9)8-12/h4-6,12,18-19H,7-8H2,1-3H3,(H,16,17). The van der Waals surface area contributed by atoms with Crippen molar-refractivity contribution in [2.75, 3.05) is 0 Å². The quantitative estimate of drug-likeness (QED) is 0.682. The van der Waals surface area contributed by atoms with Crippen LogP contribution < -0.4 is 10.8 Å². The number of amides is 1. The van der Waals surface area contributed by atoms with Gasteiger partial charge in [0.25, 0.3) is 0 Å². The first-order valence-electron chi connectivity index (χ1n) is 6.72. The number of ether oxygens (including phenoxy) is 1. The van der Waals surface area contributed by atoms with E-state index < -0.39 is 18.8 Å². The predicted octanol–water partition coefficient (Wildman–Crippen LogP) is 0.358. The summed E-state index contributed by atoms with van der Waals surface area (Å²) in [7, 11) is -1.46. The molecule has 1 atom stereocenters. The highest BCUT2D eigenvalue weighted by Gasteiger charge is 2.26. The fourth-order valence-electron chi connectivity index (χ4n) is 2.37. The van der Waals surface area contributed by atoms with Crippen molar-refractivity contribution in [2.24, 2.45) is 0 Å². The summed E-state index contributed by atoms with van der Waals surface area (Å²) in [5.41, 5.74) is 2.12. The molecule has 1 unspecified atom stereocenters. The Morgan fingerprint density at radius 2 is 1.95 bits per heavy atom. The Hall–Kier alpha value is -1.53. The van der Waals surface area contributed by atoms with Crippen molar-refractivity contribution in [1.29, 1.82) is 0 Å². The smallest absolute Gasteiger partial charge is 0.444 e. The second-order valence-corrected chi connectivity index (χ2v) is 6.15. The molecule has 1 amide bonds. The maximum Gasteiger partial charge on any atom is 0.488 e. The van der Waals surface area contributed by atoms with Crippen LogP contribution in [0.2, 0.25) is 0 Å². The first kappa shape index (κ1) is 14.9. The van der Waals surface area contributed by atoms with Crippen LogP contribution in [0.25, 0.3) is 0 Å². The molecule has 0 fully saturated rings. The maximum atomic E-state index is 11.7. The first-order valence-corrected chi connectivity index (χ1v) is 6.72. The lowest BCUT2D eigenvalue weighted by Gasteiger charge is -2.21. The van der Waals surface area contributed by atoms with Crippen molar-refractivity contribution in [1.82, 2.24) is 5.32 Å². The van der Waals surface area contributed by atoms with Crippen molar-refractivity contribution in [3.63, 3.8) is 0 Å². The summed E-state index contributed by atoms with van der Waals surface area (Å²) in [6.07, 6.45) is 0.989. The van der Waals surface area contributed by atoms with Gasteiger partial charge >= 0.3 is 13.2 Å². The molecule has 0 bridgehead atoms. The third kappa shape index (κ3) is 3.74. The van der Waals surface area contributed by atoms with Crippen LogP contribution >= 0.6 is 0 Å². The molecule has 0 spiro atoms. The Morgan fingerprint density at radius 1 is 1.30 bits per heavy atom. The third-order valence-electron chi connectivity index (χ3n) is 3.18. The largest absolute Gasteiger partial charge is 0.488 e. The Labute approximate surface area is 119 Å². The molecule has 1 aliphatic rings. The molecule has 0 heterocycles. The van der Waals surface area contributed by atoms with E-state index in [-0.39, 0.29) is 6.04 Å². The normalized spacial score (nSPS) is 17.6. The summed E-state index contributed by atoms with van der Waals surface area (Å²) in [4.78, 5) is 11.7. The third-order valence-corrected chi connectivity index (χ3v) is 3.18. The number of rotatable bonds is 2. The fraction of sp³-hybridized carbons (Fsp3) is 0.500. The van der Waals surface area contributed by atoms with E-state index in [1.807, 2.05) is 26.8 Å². The number of nitrogens with one attached hydrogen (secondary N) is 1. The summed E-state index contributed by atoms with van der Waals surface area (Å²) < 4.78 is 5.23. The molecule has 0 aliphatic heterocycles. The topological polar surface area (TPSA) is 78.8 Å². The van der Waals surface area contributed by atoms with Gasteiger partial charge in [-0.1, -0.05) is 18.2 Å². The van der Waals surface area contributed by atoms with Crippen LogP contribution in [0.1, 0.15) is 31.9 Å². The van der Waals surface area contributed by atoms with Crippen LogP contribution in [0.5, 0.6) is 0 Å². The van der Waals surface area contributed by atoms with Gasteiger partial charge in [0.2, 0.25) is 0 Å². The molecule has 2 rings (SSSR count). The molecule has 20 heavy (non-hydrogen) atoms. The van der Waals surface area contributed by atoms with Gasteiger partial charge in [-0.25, -0.2) is 4.79 Å². The summed E-state index contributed by atoms with van der Waals surface area (Å²) in [5.74, 6) is 0. The van der Waals surface area contributed by atoms with Gasteiger partial charge in [0.15, 0.2) is 0 Å². The Morgan fingerprint density at radius 3 is 2.55 bits per heavy atom. The summed E-state index contributed by atoms with van der Waals surface area (Å²) >= 11 is 0. The van der Waals surface area contributed by atoms with Crippen LogP contribution in [-0.4, -0.2) is 34.9 Å². The van der Waals surface area contributed by atoms with Gasteiger partial charge in [0, 0.05) is 6.04 Å².